The Morgan fingerprint density at radius 3 is 1.44 bits per heavy atom. The molecule has 0 heterocycles. The normalized spacial score (nSPS) is 8.00. The Balaban J connectivity index is 0.000000640. The van der Waals surface area contributed by atoms with Crippen molar-refractivity contribution >= 4 is 0 Å². The zero-order valence-corrected chi connectivity index (χ0v) is 8.14. The smallest absolute Gasteiger partial charge is 0 e. The molecule has 0 spiro atoms. The third kappa shape index (κ3) is 2.42. The van der Waals surface area contributed by atoms with Gasteiger partial charge in [0.1, 0.15) is 0 Å². The van der Waals surface area contributed by atoms with Crippen LogP contribution in [-0.4, -0.2) is 0 Å². The molecule has 1 radical (unpaired) electrons. The monoisotopic (exact) mass is 193 g/mol. The van der Waals surface area contributed by atoms with E-state index in [1.54, 1.807) is 0 Å². The third-order valence-electron chi connectivity index (χ3n) is 1.12. The SMILES string of the molecule is [CH2-]c1ccccc1[CH2-].[Y]. The first kappa shape index (κ1) is 9.06. The van der Waals surface area contributed by atoms with E-state index in [4.69, 9.17) is 0 Å². The molecule has 0 N–H and O–H groups in total. The summed E-state index contributed by atoms with van der Waals surface area (Å²) in [7, 11) is 0. The number of rotatable bonds is 0. The molecule has 0 saturated heterocycles. The Labute approximate surface area is 81.5 Å². The second kappa shape index (κ2) is 3.97. The first-order valence-corrected chi connectivity index (χ1v) is 2.53. The zero-order valence-electron chi connectivity index (χ0n) is 5.30. The molecule has 0 unspecified atom stereocenters. The number of hydrogen-bond donors (Lipinski definition) is 0. The van der Waals surface area contributed by atoms with Crippen LogP contribution in [0.3, 0.4) is 0 Å². The minimum Gasteiger partial charge on any atom is -0.299 e. The van der Waals surface area contributed by atoms with E-state index >= 15 is 0 Å². The quantitative estimate of drug-likeness (QED) is 0.553. The summed E-state index contributed by atoms with van der Waals surface area (Å²) in [4.78, 5) is 0. The fourth-order valence-corrected chi connectivity index (χ4v) is 0.557. The van der Waals surface area contributed by atoms with Crippen LogP contribution in [0, 0.1) is 13.8 Å². The molecule has 1 rings (SSSR count). The molecule has 0 atom stereocenters. The van der Waals surface area contributed by atoms with Gasteiger partial charge in [-0.1, -0.05) is 0 Å². The summed E-state index contributed by atoms with van der Waals surface area (Å²) in [5.41, 5.74) is 2.01. The van der Waals surface area contributed by atoms with Gasteiger partial charge >= 0.3 is 0 Å². The number of benzene rings is 1. The van der Waals surface area contributed by atoms with E-state index in [9.17, 15) is 0 Å². The average Bonchev–Trinajstić information content (AvgIpc) is 1.77. The van der Waals surface area contributed by atoms with Crippen molar-refractivity contribution in [1.82, 2.24) is 0 Å². The summed E-state index contributed by atoms with van der Waals surface area (Å²) in [5, 5.41) is 0. The standard InChI is InChI=1S/C8H8.Y/c1-7-5-3-4-6-8(7)2;/h3-6H,1-2H2;/q-2;. The second-order valence-electron chi connectivity index (χ2n) is 1.77. The molecule has 0 amide bonds. The van der Waals surface area contributed by atoms with E-state index in [0.29, 0.717) is 0 Å². The van der Waals surface area contributed by atoms with Crippen molar-refractivity contribution in [3.05, 3.63) is 49.2 Å². The fourth-order valence-electron chi connectivity index (χ4n) is 0.557. The molecule has 0 fully saturated rings. The molecular formula is C8H8Y-2. The Hall–Kier alpha value is 0.0639. The van der Waals surface area contributed by atoms with Gasteiger partial charge in [-0.05, 0) is 0 Å². The summed E-state index contributed by atoms with van der Waals surface area (Å²) in [6.07, 6.45) is 0. The summed E-state index contributed by atoms with van der Waals surface area (Å²) in [6, 6.07) is 7.80. The second-order valence-corrected chi connectivity index (χ2v) is 1.77. The van der Waals surface area contributed by atoms with Crippen LogP contribution in [0.15, 0.2) is 24.3 Å². The van der Waals surface area contributed by atoms with Gasteiger partial charge in [0.25, 0.3) is 0 Å². The van der Waals surface area contributed by atoms with Gasteiger partial charge in [-0.25, -0.2) is 12.1 Å². The van der Waals surface area contributed by atoms with E-state index in [2.05, 4.69) is 13.8 Å². The predicted octanol–water partition coefficient (Wildman–Crippen LogP) is 2.05. The molecule has 0 nitrogen and oxygen atoms in total. The van der Waals surface area contributed by atoms with Crippen molar-refractivity contribution in [2.24, 2.45) is 0 Å². The summed E-state index contributed by atoms with van der Waals surface area (Å²) in [6.45, 7) is 7.52. The molecule has 9 heavy (non-hydrogen) atoms. The molecule has 1 heteroatoms. The zero-order chi connectivity index (χ0) is 5.98. The van der Waals surface area contributed by atoms with Crippen molar-refractivity contribution in [3.8, 4) is 0 Å². The van der Waals surface area contributed by atoms with Gasteiger partial charge < -0.3 is 0 Å². The van der Waals surface area contributed by atoms with Crippen molar-refractivity contribution in [2.75, 3.05) is 0 Å². The molecule has 0 saturated carbocycles. The first-order chi connectivity index (χ1) is 3.80. The molecule has 1 aromatic carbocycles. The number of hydrogen-bond acceptors (Lipinski definition) is 0. The van der Waals surface area contributed by atoms with Crippen LogP contribution in [0.4, 0.5) is 0 Å². The van der Waals surface area contributed by atoms with Crippen LogP contribution in [0.1, 0.15) is 11.1 Å². The predicted molar refractivity (Wildman–Crippen MR) is 35.4 cm³/mol. The van der Waals surface area contributed by atoms with Crippen LogP contribution < -0.4 is 0 Å². The minimum absolute atomic E-state index is 0. The maximum Gasteiger partial charge on any atom is 0 e. The summed E-state index contributed by atoms with van der Waals surface area (Å²) >= 11 is 0. The van der Waals surface area contributed by atoms with Crippen LogP contribution in [-0.2, 0) is 32.7 Å². The Bertz CT molecular complexity index is 161. The van der Waals surface area contributed by atoms with Gasteiger partial charge in [0.15, 0.2) is 0 Å². The molecule has 45 valence electrons. The molecule has 0 aliphatic rings. The van der Waals surface area contributed by atoms with Crippen molar-refractivity contribution < 1.29 is 32.7 Å². The Morgan fingerprint density at radius 2 is 1.22 bits per heavy atom. The molecule has 0 aliphatic heterocycles. The maximum absolute atomic E-state index is 3.76. The fraction of sp³-hybridized carbons (Fsp3) is 0. The first-order valence-electron chi connectivity index (χ1n) is 2.53. The van der Waals surface area contributed by atoms with Crippen LogP contribution in [0.5, 0.6) is 0 Å². The van der Waals surface area contributed by atoms with Crippen molar-refractivity contribution in [1.29, 1.82) is 0 Å². The van der Waals surface area contributed by atoms with Crippen molar-refractivity contribution in [3.63, 3.8) is 0 Å². The Morgan fingerprint density at radius 1 is 0.889 bits per heavy atom. The molecule has 0 aromatic heterocycles. The molecular weight excluding hydrogens is 185 g/mol. The van der Waals surface area contributed by atoms with Gasteiger partial charge in [0, 0.05) is 32.7 Å². The Kier molecular flexibility index (Phi) is 4.00. The van der Waals surface area contributed by atoms with E-state index in [0.717, 1.165) is 11.1 Å². The van der Waals surface area contributed by atoms with E-state index < -0.39 is 0 Å². The van der Waals surface area contributed by atoms with Gasteiger partial charge in [-0.2, -0.15) is 0 Å². The van der Waals surface area contributed by atoms with E-state index in [1.165, 1.54) is 0 Å². The van der Waals surface area contributed by atoms with Crippen LogP contribution in [0.2, 0.25) is 0 Å². The maximum atomic E-state index is 3.76. The summed E-state index contributed by atoms with van der Waals surface area (Å²) < 4.78 is 0. The van der Waals surface area contributed by atoms with E-state index in [-0.39, 0.29) is 32.7 Å². The third-order valence-corrected chi connectivity index (χ3v) is 1.12. The van der Waals surface area contributed by atoms with Gasteiger partial charge in [0.2, 0.25) is 0 Å². The largest absolute Gasteiger partial charge is 0.299 e. The van der Waals surface area contributed by atoms with Crippen LogP contribution in [0.25, 0.3) is 0 Å². The molecule has 1 aromatic rings. The average molecular weight is 193 g/mol. The minimum atomic E-state index is 0. The molecule has 0 aliphatic carbocycles. The van der Waals surface area contributed by atoms with Crippen molar-refractivity contribution in [2.45, 2.75) is 0 Å². The van der Waals surface area contributed by atoms with Gasteiger partial charge in [-0.3, -0.25) is 25.0 Å². The topological polar surface area (TPSA) is 0 Å². The van der Waals surface area contributed by atoms with Gasteiger partial charge in [-0.15, -0.1) is 12.1 Å². The van der Waals surface area contributed by atoms with Gasteiger partial charge in [0.05, 0.1) is 0 Å². The van der Waals surface area contributed by atoms with E-state index in [1.807, 2.05) is 24.3 Å². The van der Waals surface area contributed by atoms with Crippen LogP contribution >= 0.6 is 0 Å². The summed E-state index contributed by atoms with van der Waals surface area (Å²) in [5.74, 6) is 0. The molecule has 0 bridgehead atoms.